The van der Waals surface area contributed by atoms with Gasteiger partial charge in [0, 0.05) is 13.6 Å². The molecule has 15 heavy (non-hydrogen) atoms. The van der Waals surface area contributed by atoms with Crippen molar-refractivity contribution in [3.05, 3.63) is 0 Å². The summed E-state index contributed by atoms with van der Waals surface area (Å²) in [6.45, 7) is 7.02. The van der Waals surface area contributed by atoms with Gasteiger partial charge in [-0.15, -0.1) is 0 Å². The molecule has 3 nitrogen and oxygen atoms in total. The third kappa shape index (κ3) is 3.20. The fourth-order valence-corrected chi connectivity index (χ4v) is 1.82. The number of hydrogen-bond acceptors (Lipinski definition) is 2. The molecule has 2 N–H and O–H groups in total. The van der Waals surface area contributed by atoms with E-state index in [9.17, 15) is 4.79 Å². The van der Waals surface area contributed by atoms with Crippen LogP contribution in [0.4, 0.5) is 0 Å². The van der Waals surface area contributed by atoms with Crippen LogP contribution >= 0.6 is 0 Å². The molecule has 0 saturated heterocycles. The molecule has 0 spiro atoms. The van der Waals surface area contributed by atoms with Crippen LogP contribution in [0.25, 0.3) is 0 Å². The Hall–Kier alpha value is -0.570. The molecule has 1 fully saturated rings. The SMILES string of the molecule is CC(C)CCN(C)C(=O)C(C)(N)C1CC1. The Kier molecular flexibility index (Phi) is 3.77. The predicted octanol–water partition coefficient (Wildman–Crippen LogP) is 1.62. The van der Waals surface area contributed by atoms with E-state index in [4.69, 9.17) is 5.73 Å². The molecule has 3 heteroatoms. The van der Waals surface area contributed by atoms with Crippen molar-refractivity contribution in [3.8, 4) is 0 Å². The van der Waals surface area contributed by atoms with Gasteiger partial charge in [0.2, 0.25) is 5.91 Å². The number of amides is 1. The van der Waals surface area contributed by atoms with Gasteiger partial charge >= 0.3 is 0 Å². The standard InChI is InChI=1S/C12H24N2O/c1-9(2)7-8-14(4)11(15)12(3,13)10-5-6-10/h9-10H,5-8,13H2,1-4H3. The monoisotopic (exact) mass is 212 g/mol. The first-order valence-electron chi connectivity index (χ1n) is 5.90. The van der Waals surface area contributed by atoms with Crippen LogP contribution in [-0.4, -0.2) is 29.9 Å². The van der Waals surface area contributed by atoms with E-state index in [1.807, 2.05) is 14.0 Å². The van der Waals surface area contributed by atoms with Gasteiger partial charge in [-0.25, -0.2) is 0 Å². The fraction of sp³-hybridized carbons (Fsp3) is 0.917. The number of carbonyl (C=O) groups is 1. The summed E-state index contributed by atoms with van der Waals surface area (Å²) in [6, 6.07) is 0. The Bertz CT molecular complexity index is 232. The van der Waals surface area contributed by atoms with Gasteiger partial charge in [-0.3, -0.25) is 4.79 Å². The first-order valence-corrected chi connectivity index (χ1v) is 5.90. The van der Waals surface area contributed by atoms with Crippen LogP contribution in [0, 0.1) is 11.8 Å². The van der Waals surface area contributed by atoms with Crippen LogP contribution in [-0.2, 0) is 4.79 Å². The number of rotatable bonds is 5. The summed E-state index contributed by atoms with van der Waals surface area (Å²) in [6.07, 6.45) is 3.26. The molecule has 88 valence electrons. The second kappa shape index (κ2) is 4.52. The zero-order valence-corrected chi connectivity index (χ0v) is 10.4. The Labute approximate surface area is 93.0 Å². The molecule has 0 aromatic heterocycles. The molecule has 1 rings (SSSR count). The maximum absolute atomic E-state index is 12.1. The van der Waals surface area contributed by atoms with Gasteiger partial charge in [0.05, 0.1) is 5.54 Å². The summed E-state index contributed by atoms with van der Waals surface area (Å²) >= 11 is 0. The molecule has 0 aromatic rings. The highest BCUT2D eigenvalue weighted by atomic mass is 16.2. The molecule has 0 aliphatic heterocycles. The molecule has 0 heterocycles. The third-order valence-corrected chi connectivity index (χ3v) is 3.27. The second-order valence-corrected chi connectivity index (χ2v) is 5.47. The lowest BCUT2D eigenvalue weighted by Crippen LogP contribution is -2.54. The largest absolute Gasteiger partial charge is 0.344 e. The first-order chi connectivity index (χ1) is 6.85. The Balaban J connectivity index is 2.44. The van der Waals surface area contributed by atoms with Crippen LogP contribution in [0.3, 0.4) is 0 Å². The highest BCUT2D eigenvalue weighted by molar-refractivity contribution is 5.86. The van der Waals surface area contributed by atoms with E-state index in [-0.39, 0.29) is 5.91 Å². The molecule has 1 atom stereocenters. The Morgan fingerprint density at radius 2 is 2.07 bits per heavy atom. The van der Waals surface area contributed by atoms with Gasteiger partial charge in [0.25, 0.3) is 0 Å². The molecular weight excluding hydrogens is 188 g/mol. The minimum absolute atomic E-state index is 0.102. The molecule has 0 aromatic carbocycles. The summed E-state index contributed by atoms with van der Waals surface area (Å²) in [5.41, 5.74) is 5.45. The molecule has 1 unspecified atom stereocenters. The highest BCUT2D eigenvalue weighted by Gasteiger charge is 2.45. The summed E-state index contributed by atoms with van der Waals surface area (Å²) in [4.78, 5) is 13.8. The van der Waals surface area contributed by atoms with Crippen molar-refractivity contribution in [1.29, 1.82) is 0 Å². The van der Waals surface area contributed by atoms with E-state index in [2.05, 4.69) is 13.8 Å². The second-order valence-electron chi connectivity index (χ2n) is 5.47. The lowest BCUT2D eigenvalue weighted by Gasteiger charge is -2.29. The summed E-state index contributed by atoms with van der Waals surface area (Å²) in [5, 5.41) is 0. The first kappa shape index (κ1) is 12.5. The van der Waals surface area contributed by atoms with Crippen molar-refractivity contribution in [2.24, 2.45) is 17.6 Å². The molecule has 1 amide bonds. The van der Waals surface area contributed by atoms with E-state index in [1.54, 1.807) is 4.90 Å². The van der Waals surface area contributed by atoms with Crippen LogP contribution in [0.2, 0.25) is 0 Å². The van der Waals surface area contributed by atoms with Crippen LogP contribution in [0.15, 0.2) is 0 Å². The normalized spacial score (nSPS) is 20.1. The highest BCUT2D eigenvalue weighted by Crippen LogP contribution is 2.38. The van der Waals surface area contributed by atoms with Gasteiger partial charge in [0.1, 0.15) is 0 Å². The number of likely N-dealkylation sites (N-methyl/N-ethyl adjacent to an activating group) is 1. The molecule has 0 bridgehead atoms. The van der Waals surface area contributed by atoms with Gasteiger partial charge in [-0.1, -0.05) is 13.8 Å². The third-order valence-electron chi connectivity index (χ3n) is 3.27. The summed E-state index contributed by atoms with van der Waals surface area (Å²) < 4.78 is 0. The van der Waals surface area contributed by atoms with Crippen LogP contribution in [0.5, 0.6) is 0 Å². The zero-order chi connectivity index (χ0) is 11.6. The zero-order valence-electron chi connectivity index (χ0n) is 10.4. The van der Waals surface area contributed by atoms with Crippen molar-refractivity contribution in [2.75, 3.05) is 13.6 Å². The maximum atomic E-state index is 12.1. The van der Waals surface area contributed by atoms with Crippen molar-refractivity contribution in [1.82, 2.24) is 4.90 Å². The summed E-state index contributed by atoms with van der Waals surface area (Å²) in [7, 11) is 1.86. The van der Waals surface area contributed by atoms with Gasteiger partial charge in [0.15, 0.2) is 0 Å². The van der Waals surface area contributed by atoms with Crippen molar-refractivity contribution in [2.45, 2.75) is 45.6 Å². The Morgan fingerprint density at radius 1 is 1.53 bits per heavy atom. The van der Waals surface area contributed by atoms with Gasteiger partial charge in [-0.05, 0) is 38.0 Å². The molecule has 0 radical (unpaired) electrons. The molecule has 1 aliphatic rings. The Morgan fingerprint density at radius 3 is 2.47 bits per heavy atom. The number of hydrogen-bond donors (Lipinski definition) is 1. The molecule has 1 aliphatic carbocycles. The maximum Gasteiger partial charge on any atom is 0.242 e. The number of nitrogens with two attached hydrogens (primary N) is 1. The lowest BCUT2D eigenvalue weighted by atomic mass is 9.95. The lowest BCUT2D eigenvalue weighted by molar-refractivity contribution is -0.136. The smallest absolute Gasteiger partial charge is 0.242 e. The number of carbonyl (C=O) groups excluding carboxylic acids is 1. The number of nitrogens with zero attached hydrogens (tertiary/aromatic N) is 1. The molecular formula is C12H24N2O. The van der Waals surface area contributed by atoms with Crippen LogP contribution in [0.1, 0.15) is 40.0 Å². The topological polar surface area (TPSA) is 46.3 Å². The quantitative estimate of drug-likeness (QED) is 0.752. The van der Waals surface area contributed by atoms with Crippen molar-refractivity contribution >= 4 is 5.91 Å². The van der Waals surface area contributed by atoms with E-state index in [1.165, 1.54) is 0 Å². The average Bonchev–Trinajstić information content (AvgIpc) is 2.95. The van der Waals surface area contributed by atoms with E-state index in [0.29, 0.717) is 11.8 Å². The van der Waals surface area contributed by atoms with E-state index < -0.39 is 5.54 Å². The minimum atomic E-state index is -0.633. The van der Waals surface area contributed by atoms with Crippen molar-refractivity contribution < 1.29 is 4.79 Å². The fourth-order valence-electron chi connectivity index (χ4n) is 1.82. The molecule has 1 saturated carbocycles. The van der Waals surface area contributed by atoms with E-state index in [0.717, 1.165) is 25.8 Å². The summed E-state index contributed by atoms with van der Waals surface area (Å²) in [5.74, 6) is 1.14. The van der Waals surface area contributed by atoms with Crippen molar-refractivity contribution in [3.63, 3.8) is 0 Å². The van der Waals surface area contributed by atoms with Crippen LogP contribution < -0.4 is 5.73 Å². The van der Waals surface area contributed by atoms with E-state index >= 15 is 0 Å². The van der Waals surface area contributed by atoms with Gasteiger partial charge in [-0.2, -0.15) is 0 Å². The predicted molar refractivity (Wildman–Crippen MR) is 62.4 cm³/mol. The minimum Gasteiger partial charge on any atom is -0.344 e. The van der Waals surface area contributed by atoms with Gasteiger partial charge < -0.3 is 10.6 Å². The average molecular weight is 212 g/mol.